The molecule has 2 aromatic heterocycles. The fraction of sp³-hybridized carbons (Fsp3) is 0.333. The highest BCUT2D eigenvalue weighted by atomic mass is 32.1. The average Bonchev–Trinajstić information content (AvgIpc) is 2.90. The minimum atomic E-state index is -0.0398. The highest BCUT2D eigenvalue weighted by molar-refractivity contribution is 7.08. The summed E-state index contributed by atoms with van der Waals surface area (Å²) < 4.78 is 1.81. The third-order valence-corrected chi connectivity index (χ3v) is 3.55. The highest BCUT2D eigenvalue weighted by Crippen LogP contribution is 2.17. The van der Waals surface area contributed by atoms with E-state index in [4.69, 9.17) is 0 Å². The van der Waals surface area contributed by atoms with Gasteiger partial charge in [0.25, 0.3) is 5.91 Å². The molecule has 0 saturated heterocycles. The summed E-state index contributed by atoms with van der Waals surface area (Å²) in [5.41, 5.74) is 2.84. The van der Waals surface area contributed by atoms with E-state index >= 15 is 0 Å². The van der Waals surface area contributed by atoms with Gasteiger partial charge in [-0.2, -0.15) is 16.4 Å². The Morgan fingerprint density at radius 2 is 2.35 bits per heavy atom. The van der Waals surface area contributed by atoms with Gasteiger partial charge in [0.1, 0.15) is 0 Å². The van der Waals surface area contributed by atoms with Crippen LogP contribution in [0.3, 0.4) is 0 Å². The van der Waals surface area contributed by atoms with Crippen molar-refractivity contribution in [1.29, 1.82) is 0 Å². The number of aromatic nitrogens is 2. The van der Waals surface area contributed by atoms with E-state index in [9.17, 15) is 4.79 Å². The van der Waals surface area contributed by atoms with E-state index in [1.807, 2.05) is 42.4 Å². The van der Waals surface area contributed by atoms with Crippen LogP contribution in [-0.2, 0) is 7.05 Å². The van der Waals surface area contributed by atoms with Crippen molar-refractivity contribution in [1.82, 2.24) is 15.1 Å². The summed E-state index contributed by atoms with van der Waals surface area (Å²) in [5.74, 6) is -0.0398. The molecule has 0 aliphatic heterocycles. The first-order valence-electron chi connectivity index (χ1n) is 5.41. The van der Waals surface area contributed by atoms with Gasteiger partial charge in [0.2, 0.25) is 0 Å². The Hall–Kier alpha value is -1.62. The SMILES string of the molecule is Cc1c([C@H](C)NC(=O)c2ccsc2)cnn1C. The molecule has 0 aliphatic rings. The number of nitrogens with zero attached hydrogens (tertiary/aromatic N) is 2. The molecule has 0 aromatic carbocycles. The molecule has 1 atom stereocenters. The van der Waals surface area contributed by atoms with E-state index in [1.165, 1.54) is 11.3 Å². The molecule has 1 amide bonds. The minimum Gasteiger partial charge on any atom is -0.345 e. The Kier molecular flexibility index (Phi) is 3.28. The zero-order chi connectivity index (χ0) is 12.4. The molecule has 2 heterocycles. The number of hydrogen-bond acceptors (Lipinski definition) is 3. The lowest BCUT2D eigenvalue weighted by Crippen LogP contribution is -2.26. The highest BCUT2D eigenvalue weighted by Gasteiger charge is 2.15. The van der Waals surface area contributed by atoms with Crippen molar-refractivity contribution in [2.75, 3.05) is 0 Å². The minimum absolute atomic E-state index is 0.0314. The number of rotatable bonds is 3. The summed E-state index contributed by atoms with van der Waals surface area (Å²) in [4.78, 5) is 11.9. The third kappa shape index (κ3) is 2.39. The van der Waals surface area contributed by atoms with Gasteiger partial charge in [-0.05, 0) is 25.3 Å². The number of aryl methyl sites for hydroxylation is 1. The van der Waals surface area contributed by atoms with Crippen LogP contribution < -0.4 is 5.32 Å². The van der Waals surface area contributed by atoms with Gasteiger partial charge in [-0.3, -0.25) is 9.48 Å². The number of carbonyl (C=O) groups is 1. The van der Waals surface area contributed by atoms with Crippen molar-refractivity contribution in [2.24, 2.45) is 7.05 Å². The van der Waals surface area contributed by atoms with Crippen molar-refractivity contribution in [3.8, 4) is 0 Å². The van der Waals surface area contributed by atoms with Crippen LogP contribution in [0.5, 0.6) is 0 Å². The van der Waals surface area contributed by atoms with Gasteiger partial charge in [0, 0.05) is 23.7 Å². The molecule has 90 valence electrons. The molecule has 1 N–H and O–H groups in total. The summed E-state index contributed by atoms with van der Waals surface area (Å²) in [5, 5.41) is 10.9. The first kappa shape index (κ1) is 11.9. The van der Waals surface area contributed by atoms with Gasteiger partial charge in [-0.15, -0.1) is 0 Å². The maximum Gasteiger partial charge on any atom is 0.252 e. The lowest BCUT2D eigenvalue weighted by molar-refractivity contribution is 0.0940. The van der Waals surface area contributed by atoms with Gasteiger partial charge in [0.05, 0.1) is 17.8 Å². The van der Waals surface area contributed by atoms with E-state index < -0.39 is 0 Å². The zero-order valence-corrected chi connectivity index (χ0v) is 10.9. The zero-order valence-electron chi connectivity index (χ0n) is 10.1. The summed E-state index contributed by atoms with van der Waals surface area (Å²) in [6.07, 6.45) is 1.80. The van der Waals surface area contributed by atoms with E-state index in [2.05, 4.69) is 10.4 Å². The lowest BCUT2D eigenvalue weighted by Gasteiger charge is -2.13. The molecule has 0 radical (unpaired) electrons. The van der Waals surface area contributed by atoms with Crippen LogP contribution >= 0.6 is 11.3 Å². The maximum absolute atomic E-state index is 11.9. The maximum atomic E-state index is 11.9. The summed E-state index contributed by atoms with van der Waals surface area (Å²) in [7, 11) is 1.90. The largest absolute Gasteiger partial charge is 0.345 e. The van der Waals surface area contributed by atoms with Gasteiger partial charge >= 0.3 is 0 Å². The number of thiophene rings is 1. The Balaban J connectivity index is 2.10. The molecular formula is C12H15N3OS. The average molecular weight is 249 g/mol. The number of amides is 1. The monoisotopic (exact) mass is 249 g/mol. The molecule has 2 rings (SSSR count). The topological polar surface area (TPSA) is 46.9 Å². The fourth-order valence-corrected chi connectivity index (χ4v) is 2.33. The van der Waals surface area contributed by atoms with Crippen LogP contribution in [-0.4, -0.2) is 15.7 Å². The molecule has 0 spiro atoms. The van der Waals surface area contributed by atoms with Crippen LogP contribution in [0.1, 0.15) is 34.6 Å². The Bertz CT molecular complexity index is 516. The third-order valence-electron chi connectivity index (χ3n) is 2.87. The second-order valence-electron chi connectivity index (χ2n) is 4.02. The van der Waals surface area contributed by atoms with Crippen molar-refractivity contribution in [3.63, 3.8) is 0 Å². The Labute approximate surface area is 104 Å². The smallest absolute Gasteiger partial charge is 0.252 e. The first-order chi connectivity index (χ1) is 8.09. The first-order valence-corrected chi connectivity index (χ1v) is 6.35. The van der Waals surface area contributed by atoms with Crippen molar-refractivity contribution in [3.05, 3.63) is 39.8 Å². The molecule has 0 bridgehead atoms. The molecule has 0 aliphatic carbocycles. The summed E-state index contributed by atoms with van der Waals surface area (Å²) in [6, 6.07) is 1.79. The standard InChI is InChI=1S/C12H15N3OS/c1-8(11-6-13-15(3)9(11)2)14-12(16)10-4-5-17-7-10/h4-8H,1-3H3,(H,14,16)/t8-/m0/s1. The molecule has 17 heavy (non-hydrogen) atoms. The molecule has 5 heteroatoms. The van der Waals surface area contributed by atoms with Gasteiger partial charge < -0.3 is 5.32 Å². The van der Waals surface area contributed by atoms with Crippen LogP contribution in [0.25, 0.3) is 0 Å². The molecule has 0 unspecified atom stereocenters. The van der Waals surface area contributed by atoms with Gasteiger partial charge in [-0.25, -0.2) is 0 Å². The predicted octanol–water partition coefficient (Wildman–Crippen LogP) is 2.28. The number of carbonyl (C=O) groups excluding carboxylic acids is 1. The molecule has 0 saturated carbocycles. The Morgan fingerprint density at radius 1 is 1.59 bits per heavy atom. The summed E-state index contributed by atoms with van der Waals surface area (Å²) in [6.45, 7) is 3.96. The lowest BCUT2D eigenvalue weighted by atomic mass is 10.1. The normalized spacial score (nSPS) is 12.4. The van der Waals surface area contributed by atoms with Crippen molar-refractivity contribution < 1.29 is 4.79 Å². The van der Waals surface area contributed by atoms with Crippen LogP contribution in [0.15, 0.2) is 23.0 Å². The fourth-order valence-electron chi connectivity index (χ4n) is 1.69. The van der Waals surface area contributed by atoms with E-state index in [0.29, 0.717) is 5.56 Å². The molecular weight excluding hydrogens is 234 g/mol. The molecule has 2 aromatic rings. The predicted molar refractivity (Wildman–Crippen MR) is 68.1 cm³/mol. The second kappa shape index (κ2) is 4.71. The second-order valence-corrected chi connectivity index (χ2v) is 4.80. The van der Waals surface area contributed by atoms with Crippen LogP contribution in [0.2, 0.25) is 0 Å². The van der Waals surface area contributed by atoms with Crippen molar-refractivity contribution >= 4 is 17.2 Å². The molecule has 4 nitrogen and oxygen atoms in total. The van der Waals surface area contributed by atoms with E-state index in [1.54, 1.807) is 6.20 Å². The number of hydrogen-bond donors (Lipinski definition) is 1. The van der Waals surface area contributed by atoms with Crippen LogP contribution in [0.4, 0.5) is 0 Å². The van der Waals surface area contributed by atoms with Gasteiger partial charge in [0.15, 0.2) is 0 Å². The quantitative estimate of drug-likeness (QED) is 0.907. The van der Waals surface area contributed by atoms with E-state index in [-0.39, 0.29) is 11.9 Å². The number of nitrogens with one attached hydrogen (secondary N) is 1. The molecule has 0 fully saturated rings. The van der Waals surface area contributed by atoms with Gasteiger partial charge in [-0.1, -0.05) is 0 Å². The van der Waals surface area contributed by atoms with Crippen molar-refractivity contribution in [2.45, 2.75) is 19.9 Å². The van der Waals surface area contributed by atoms with Crippen LogP contribution in [0, 0.1) is 6.92 Å². The van der Waals surface area contributed by atoms with E-state index in [0.717, 1.165) is 11.3 Å². The Morgan fingerprint density at radius 3 is 2.88 bits per heavy atom. The summed E-state index contributed by atoms with van der Waals surface area (Å²) >= 11 is 1.52.